The van der Waals surface area contributed by atoms with E-state index in [0.29, 0.717) is 6.42 Å². The van der Waals surface area contributed by atoms with E-state index in [2.05, 4.69) is 66.9 Å². The minimum atomic E-state index is -2.94. The Hall–Kier alpha value is 1.02. The summed E-state index contributed by atoms with van der Waals surface area (Å²) in [7, 11) is -1.44. The van der Waals surface area contributed by atoms with Crippen LogP contribution in [0.15, 0.2) is 9.29 Å². The standard InChI is InChI=1S/C7H13O2Si.6C4H9.2Sn/c1-10(2,3)6-4-5-7(8)9;6*1-3-4-2;;/h6H,5H2,1-3H3,(H,8,9);6*1,3-4H2,2H3;;/q;;;;;;;;+1/p-1. The Morgan fingerprint density at radius 1 is 0.611 bits per heavy atom. The Balaban J connectivity index is 6.29. The molecule has 0 amide bonds. The summed E-state index contributed by atoms with van der Waals surface area (Å²) < 4.78 is 16.7. The molecular weight excluding hydrogens is 670 g/mol. The van der Waals surface area contributed by atoms with Gasteiger partial charge in [-0.15, -0.1) is 0 Å². The van der Waals surface area contributed by atoms with E-state index >= 15 is 0 Å². The topological polar surface area (TPSA) is 26.3 Å². The summed E-state index contributed by atoms with van der Waals surface area (Å²) in [6.45, 7) is 21.4. The third kappa shape index (κ3) is 15.6. The molecule has 0 heterocycles. The second-order valence-corrected chi connectivity index (χ2v) is 42.8. The minimum absolute atomic E-state index is 0.198. The Morgan fingerprint density at radius 2 is 0.944 bits per heavy atom. The summed E-state index contributed by atoms with van der Waals surface area (Å²) in [4.78, 5) is 14.0. The van der Waals surface area contributed by atoms with Gasteiger partial charge in [0, 0.05) is 0 Å². The Labute approximate surface area is 237 Å². The molecule has 0 aliphatic rings. The van der Waals surface area contributed by atoms with Crippen LogP contribution in [-0.2, 0) is 7.87 Å². The summed E-state index contributed by atoms with van der Waals surface area (Å²) in [5.74, 6) is 0.198. The number of carbonyl (C=O) groups excluding carboxylic acids is 1. The normalized spacial score (nSPS) is 13.3. The third-order valence-electron chi connectivity index (χ3n) is 7.94. The van der Waals surface area contributed by atoms with E-state index in [1.54, 1.807) is 3.59 Å². The van der Waals surface area contributed by atoms with Crippen molar-refractivity contribution in [3.05, 3.63) is 9.29 Å². The Morgan fingerprint density at radius 3 is 1.25 bits per heavy atom. The summed E-state index contributed by atoms with van der Waals surface area (Å²) in [6, 6.07) is 0. The number of unbranched alkanes of at least 4 members (excludes halogenated alkanes) is 6. The van der Waals surface area contributed by atoms with Crippen molar-refractivity contribution in [2.45, 2.75) is 171 Å². The van der Waals surface area contributed by atoms with Gasteiger partial charge in [0.2, 0.25) is 0 Å². The Bertz CT molecular complexity index is 554. The molecule has 0 aliphatic heterocycles. The van der Waals surface area contributed by atoms with Gasteiger partial charge < -0.3 is 0 Å². The molecule has 0 unspecified atom stereocenters. The first-order valence-electron chi connectivity index (χ1n) is 16.0. The zero-order valence-electron chi connectivity index (χ0n) is 26.3. The van der Waals surface area contributed by atoms with E-state index in [1.807, 2.05) is 0 Å². The number of hydrogen-bond donors (Lipinski definition) is 0. The van der Waals surface area contributed by atoms with Gasteiger partial charge in [-0.2, -0.15) is 0 Å². The van der Waals surface area contributed by atoms with Crippen molar-refractivity contribution in [1.29, 1.82) is 0 Å². The van der Waals surface area contributed by atoms with E-state index in [1.165, 1.54) is 104 Å². The van der Waals surface area contributed by atoms with Gasteiger partial charge in [0.1, 0.15) is 0 Å². The Kier molecular flexibility index (Phi) is 21.5. The van der Waals surface area contributed by atoms with E-state index in [0.717, 1.165) is 0 Å². The molecule has 0 rings (SSSR count). The zero-order valence-corrected chi connectivity index (χ0v) is 33.0. The van der Waals surface area contributed by atoms with Crippen LogP contribution in [0.4, 0.5) is 0 Å². The van der Waals surface area contributed by atoms with Gasteiger partial charge in [-0.3, -0.25) is 0 Å². The fraction of sp³-hybridized carbons (Fsp3) is 0.903. The molecule has 0 saturated carbocycles. The molecule has 0 aromatic heterocycles. The van der Waals surface area contributed by atoms with Crippen LogP contribution in [0.2, 0.25) is 46.3 Å². The van der Waals surface area contributed by atoms with Crippen LogP contribution in [0, 0.1) is 0 Å². The first-order chi connectivity index (χ1) is 17.1. The van der Waals surface area contributed by atoms with Gasteiger partial charge >= 0.3 is 240 Å². The van der Waals surface area contributed by atoms with Crippen molar-refractivity contribution < 1.29 is 7.87 Å². The third-order valence-corrected chi connectivity index (χ3v) is 38.7. The zero-order chi connectivity index (χ0) is 27.5. The monoisotopic (exact) mass is 738 g/mol. The molecule has 2 nitrogen and oxygen atoms in total. The molecule has 0 aliphatic carbocycles. The molecule has 214 valence electrons. The summed E-state index contributed by atoms with van der Waals surface area (Å²) >= 11 is -5.60. The van der Waals surface area contributed by atoms with Crippen molar-refractivity contribution in [3.8, 4) is 0 Å². The van der Waals surface area contributed by atoms with E-state index in [4.69, 9.17) is 3.07 Å². The molecule has 0 atom stereocenters. The molecule has 0 aromatic rings. The molecule has 0 saturated heterocycles. The maximum absolute atomic E-state index is 14.0. The number of rotatable bonds is 23. The first kappa shape index (κ1) is 37.0. The van der Waals surface area contributed by atoms with Crippen molar-refractivity contribution >= 4 is 51.2 Å². The van der Waals surface area contributed by atoms with Crippen LogP contribution < -0.4 is 0 Å². The second kappa shape index (κ2) is 20.9. The molecular formula is C31H66O2SiSn2. The summed E-state index contributed by atoms with van der Waals surface area (Å²) in [6.07, 6.45) is 16.0. The summed E-state index contributed by atoms with van der Waals surface area (Å²) in [5, 5.41) is 0. The number of hydrogen-bond acceptors (Lipinski definition) is 2. The maximum atomic E-state index is 14.0. The molecule has 0 radical (unpaired) electrons. The molecule has 0 aromatic carbocycles. The molecule has 36 heavy (non-hydrogen) atoms. The van der Waals surface area contributed by atoms with Crippen LogP contribution in [0.3, 0.4) is 0 Å². The predicted octanol–water partition coefficient (Wildman–Crippen LogP) is 11.5. The van der Waals surface area contributed by atoms with Crippen molar-refractivity contribution in [2.75, 3.05) is 0 Å². The quantitative estimate of drug-likeness (QED) is 0.0977. The predicted molar refractivity (Wildman–Crippen MR) is 172 cm³/mol. The van der Waals surface area contributed by atoms with Gasteiger partial charge in [-0.05, 0) is 0 Å². The van der Waals surface area contributed by atoms with E-state index in [9.17, 15) is 4.79 Å². The van der Waals surface area contributed by atoms with Gasteiger partial charge in [0.05, 0.1) is 0 Å². The molecule has 0 fully saturated rings. The van der Waals surface area contributed by atoms with E-state index in [-0.39, 0.29) is 5.97 Å². The average molecular weight is 736 g/mol. The van der Waals surface area contributed by atoms with Crippen molar-refractivity contribution in [1.82, 2.24) is 0 Å². The van der Waals surface area contributed by atoms with Gasteiger partial charge in [-0.25, -0.2) is 0 Å². The fourth-order valence-electron chi connectivity index (χ4n) is 5.77. The van der Waals surface area contributed by atoms with Gasteiger partial charge in [-0.1, -0.05) is 0 Å². The van der Waals surface area contributed by atoms with Gasteiger partial charge in [0.15, 0.2) is 0 Å². The number of carbonyl (C=O) groups is 1. The average Bonchev–Trinajstić information content (AvgIpc) is 2.83. The van der Waals surface area contributed by atoms with Crippen LogP contribution in [0.25, 0.3) is 0 Å². The molecule has 5 heteroatoms. The van der Waals surface area contributed by atoms with Crippen LogP contribution in [0.1, 0.15) is 125 Å². The fourth-order valence-corrected chi connectivity index (χ4v) is 41.9. The van der Waals surface area contributed by atoms with Crippen molar-refractivity contribution in [2.24, 2.45) is 0 Å². The first-order valence-corrected chi connectivity index (χ1v) is 34.3. The molecule has 0 spiro atoms. The van der Waals surface area contributed by atoms with E-state index < -0.39 is 45.2 Å². The summed E-state index contributed by atoms with van der Waals surface area (Å²) in [5.41, 5.74) is 2.71. The van der Waals surface area contributed by atoms with Crippen molar-refractivity contribution in [3.63, 3.8) is 0 Å². The SMILES string of the molecule is CCC[CH2][Sn]([CH2]CCC)([CH2]CCC)[O]C(=O)C/[C](=C/[Si](C)(C)C)[Sn]([CH2]CCC)([CH2]CCC)[CH2]CCC. The van der Waals surface area contributed by atoms with Crippen LogP contribution in [-0.4, -0.2) is 51.2 Å². The van der Waals surface area contributed by atoms with Crippen LogP contribution >= 0.6 is 0 Å². The van der Waals surface area contributed by atoms with Gasteiger partial charge in [0.25, 0.3) is 0 Å². The second-order valence-electron chi connectivity index (χ2n) is 12.8. The van der Waals surface area contributed by atoms with Crippen LogP contribution in [0.5, 0.6) is 0 Å². The molecule has 0 bridgehead atoms. The molecule has 0 N–H and O–H groups in total.